The number of nitrogens with two attached hydrogens (primary N) is 1. The van der Waals surface area contributed by atoms with Crippen LogP contribution in [0.15, 0.2) is 22.7 Å². The van der Waals surface area contributed by atoms with E-state index in [1.165, 1.54) is 0 Å². The van der Waals surface area contributed by atoms with E-state index in [0.717, 1.165) is 22.2 Å². The fourth-order valence-corrected chi connectivity index (χ4v) is 2.57. The molecule has 1 heterocycles. The second-order valence-electron chi connectivity index (χ2n) is 4.68. The van der Waals surface area contributed by atoms with Crippen LogP contribution >= 0.6 is 15.9 Å². The molecule has 4 heteroatoms. The Kier molecular flexibility index (Phi) is 3.76. The SMILES string of the molecule is CCOCC1(C)CC(N)c2cc(Br)ccc2O1. The highest BCUT2D eigenvalue weighted by atomic mass is 79.9. The van der Waals surface area contributed by atoms with E-state index in [4.69, 9.17) is 15.2 Å². The maximum Gasteiger partial charge on any atom is 0.131 e. The van der Waals surface area contributed by atoms with Gasteiger partial charge in [-0.15, -0.1) is 0 Å². The van der Waals surface area contributed by atoms with Gasteiger partial charge in [-0.2, -0.15) is 0 Å². The minimum atomic E-state index is -0.323. The molecule has 0 amide bonds. The van der Waals surface area contributed by atoms with E-state index >= 15 is 0 Å². The van der Waals surface area contributed by atoms with Crippen molar-refractivity contribution in [2.24, 2.45) is 5.73 Å². The quantitative estimate of drug-likeness (QED) is 0.933. The molecule has 0 fully saturated rings. The van der Waals surface area contributed by atoms with Gasteiger partial charge >= 0.3 is 0 Å². The minimum absolute atomic E-state index is 0.00158. The van der Waals surface area contributed by atoms with E-state index in [1.807, 2.05) is 32.0 Å². The highest BCUT2D eigenvalue weighted by Gasteiger charge is 2.36. The summed E-state index contributed by atoms with van der Waals surface area (Å²) in [6, 6.07) is 5.96. The van der Waals surface area contributed by atoms with E-state index in [-0.39, 0.29) is 11.6 Å². The summed E-state index contributed by atoms with van der Waals surface area (Å²) >= 11 is 3.45. The van der Waals surface area contributed by atoms with Crippen molar-refractivity contribution >= 4 is 15.9 Å². The Hall–Kier alpha value is -0.580. The number of rotatable bonds is 3. The second kappa shape index (κ2) is 4.96. The van der Waals surface area contributed by atoms with E-state index in [2.05, 4.69) is 15.9 Å². The van der Waals surface area contributed by atoms with Crippen molar-refractivity contribution < 1.29 is 9.47 Å². The summed E-state index contributed by atoms with van der Waals surface area (Å²) in [7, 11) is 0. The number of benzene rings is 1. The maximum atomic E-state index is 6.21. The van der Waals surface area contributed by atoms with Crippen LogP contribution in [0.25, 0.3) is 0 Å². The molecule has 1 aromatic carbocycles. The first-order chi connectivity index (χ1) is 8.04. The Morgan fingerprint density at radius 2 is 2.35 bits per heavy atom. The smallest absolute Gasteiger partial charge is 0.131 e. The average molecular weight is 300 g/mol. The molecule has 1 aliphatic rings. The zero-order valence-electron chi connectivity index (χ0n) is 10.2. The molecular formula is C13H18BrNO2. The van der Waals surface area contributed by atoms with Gasteiger partial charge in [-0.1, -0.05) is 15.9 Å². The van der Waals surface area contributed by atoms with Crippen LogP contribution in [-0.4, -0.2) is 18.8 Å². The summed E-state index contributed by atoms with van der Waals surface area (Å²) in [6.45, 7) is 5.30. The molecule has 0 spiro atoms. The molecule has 0 bridgehead atoms. The minimum Gasteiger partial charge on any atom is -0.485 e. The molecule has 0 saturated heterocycles. The summed E-state index contributed by atoms with van der Waals surface area (Å²) in [6.07, 6.45) is 0.774. The first kappa shape index (κ1) is 12.9. The lowest BCUT2D eigenvalue weighted by Gasteiger charge is -2.38. The lowest BCUT2D eigenvalue weighted by molar-refractivity contribution is -0.0302. The van der Waals surface area contributed by atoms with Crippen LogP contribution in [0.2, 0.25) is 0 Å². The summed E-state index contributed by atoms with van der Waals surface area (Å²) in [5.41, 5.74) is 6.95. The highest BCUT2D eigenvalue weighted by molar-refractivity contribution is 9.10. The largest absolute Gasteiger partial charge is 0.485 e. The van der Waals surface area contributed by atoms with Gasteiger partial charge in [0.25, 0.3) is 0 Å². The van der Waals surface area contributed by atoms with Gasteiger partial charge in [0.05, 0.1) is 6.61 Å². The van der Waals surface area contributed by atoms with Crippen LogP contribution in [0.1, 0.15) is 31.9 Å². The maximum absolute atomic E-state index is 6.21. The lowest BCUT2D eigenvalue weighted by atomic mass is 9.89. The van der Waals surface area contributed by atoms with Gasteiger partial charge in [0.15, 0.2) is 0 Å². The van der Waals surface area contributed by atoms with Gasteiger partial charge in [-0.25, -0.2) is 0 Å². The molecule has 17 heavy (non-hydrogen) atoms. The zero-order valence-corrected chi connectivity index (χ0v) is 11.8. The molecule has 2 N–H and O–H groups in total. The third-order valence-electron chi connectivity index (χ3n) is 2.99. The number of hydrogen-bond acceptors (Lipinski definition) is 3. The van der Waals surface area contributed by atoms with Gasteiger partial charge in [0.2, 0.25) is 0 Å². The molecule has 2 rings (SSSR count). The molecule has 3 nitrogen and oxygen atoms in total. The summed E-state index contributed by atoms with van der Waals surface area (Å²) < 4.78 is 12.5. The summed E-state index contributed by atoms with van der Waals surface area (Å²) in [4.78, 5) is 0. The summed E-state index contributed by atoms with van der Waals surface area (Å²) in [5, 5.41) is 0. The fraction of sp³-hybridized carbons (Fsp3) is 0.538. The second-order valence-corrected chi connectivity index (χ2v) is 5.60. The van der Waals surface area contributed by atoms with Gasteiger partial charge < -0.3 is 15.2 Å². The summed E-state index contributed by atoms with van der Waals surface area (Å²) in [5.74, 6) is 0.870. The van der Waals surface area contributed by atoms with Crippen molar-refractivity contribution in [1.29, 1.82) is 0 Å². The van der Waals surface area contributed by atoms with Gasteiger partial charge in [-0.05, 0) is 32.0 Å². The Bertz CT molecular complexity index is 410. The lowest BCUT2D eigenvalue weighted by Crippen LogP contribution is -2.44. The van der Waals surface area contributed by atoms with Crippen LogP contribution in [0, 0.1) is 0 Å². The van der Waals surface area contributed by atoms with Crippen LogP contribution in [0.3, 0.4) is 0 Å². The number of fused-ring (bicyclic) bond motifs is 1. The number of hydrogen-bond donors (Lipinski definition) is 1. The zero-order chi connectivity index (χ0) is 12.5. The first-order valence-corrected chi connectivity index (χ1v) is 6.65. The molecule has 1 aromatic rings. The van der Waals surface area contributed by atoms with Crippen molar-refractivity contribution in [2.75, 3.05) is 13.2 Å². The Balaban J connectivity index is 2.23. The van der Waals surface area contributed by atoms with E-state index < -0.39 is 0 Å². The Morgan fingerprint density at radius 3 is 3.06 bits per heavy atom. The van der Waals surface area contributed by atoms with Crippen LogP contribution in [0.5, 0.6) is 5.75 Å². The molecule has 1 aliphatic heterocycles. The van der Waals surface area contributed by atoms with Crippen molar-refractivity contribution in [2.45, 2.75) is 31.9 Å². The van der Waals surface area contributed by atoms with Gasteiger partial charge in [0.1, 0.15) is 11.4 Å². The number of halogens is 1. The molecule has 0 aliphatic carbocycles. The van der Waals surface area contributed by atoms with Crippen LogP contribution in [-0.2, 0) is 4.74 Å². The van der Waals surface area contributed by atoms with Crippen molar-refractivity contribution in [1.82, 2.24) is 0 Å². The highest BCUT2D eigenvalue weighted by Crippen LogP contribution is 2.39. The predicted octanol–water partition coefficient (Wildman–Crippen LogP) is 3.03. The van der Waals surface area contributed by atoms with Gasteiger partial charge in [0, 0.05) is 29.1 Å². The molecule has 94 valence electrons. The molecule has 2 atom stereocenters. The van der Waals surface area contributed by atoms with Gasteiger partial charge in [-0.3, -0.25) is 0 Å². The number of ether oxygens (including phenoxy) is 2. The molecule has 0 aromatic heterocycles. The Morgan fingerprint density at radius 1 is 1.59 bits per heavy atom. The molecular weight excluding hydrogens is 282 g/mol. The monoisotopic (exact) mass is 299 g/mol. The average Bonchev–Trinajstić information content (AvgIpc) is 2.28. The topological polar surface area (TPSA) is 44.5 Å². The molecule has 0 radical (unpaired) electrons. The third-order valence-corrected chi connectivity index (χ3v) is 3.48. The van der Waals surface area contributed by atoms with Crippen molar-refractivity contribution in [3.63, 3.8) is 0 Å². The van der Waals surface area contributed by atoms with Crippen LogP contribution < -0.4 is 10.5 Å². The van der Waals surface area contributed by atoms with Crippen molar-refractivity contribution in [3.05, 3.63) is 28.2 Å². The van der Waals surface area contributed by atoms with Crippen LogP contribution in [0.4, 0.5) is 0 Å². The standard InChI is InChI=1S/C13H18BrNO2/c1-3-16-8-13(2)7-11(15)10-6-9(14)4-5-12(10)17-13/h4-6,11H,3,7-8,15H2,1-2H3. The van der Waals surface area contributed by atoms with E-state index in [9.17, 15) is 0 Å². The Labute approximate surface area is 110 Å². The first-order valence-electron chi connectivity index (χ1n) is 5.86. The van der Waals surface area contributed by atoms with E-state index in [1.54, 1.807) is 0 Å². The molecule has 0 saturated carbocycles. The predicted molar refractivity (Wildman–Crippen MR) is 71.2 cm³/mol. The molecule has 2 unspecified atom stereocenters. The third kappa shape index (κ3) is 2.81. The van der Waals surface area contributed by atoms with E-state index in [0.29, 0.717) is 13.2 Å². The normalized spacial score (nSPS) is 27.4. The van der Waals surface area contributed by atoms with Crippen molar-refractivity contribution in [3.8, 4) is 5.75 Å². The fourth-order valence-electron chi connectivity index (χ4n) is 2.19.